The van der Waals surface area contributed by atoms with Gasteiger partial charge < -0.3 is 10.1 Å². The van der Waals surface area contributed by atoms with Gasteiger partial charge in [0.2, 0.25) is 0 Å². The van der Waals surface area contributed by atoms with E-state index in [1.165, 1.54) is 12.1 Å². The van der Waals surface area contributed by atoms with Crippen molar-refractivity contribution in [1.82, 2.24) is 0 Å². The maximum atomic E-state index is 12.9. The van der Waals surface area contributed by atoms with Crippen molar-refractivity contribution in [3.8, 4) is 0 Å². The van der Waals surface area contributed by atoms with E-state index in [1.807, 2.05) is 0 Å². The minimum Gasteiger partial charge on any atom is -0.385 e. The number of halogens is 1. The molecule has 1 unspecified atom stereocenters. The Kier molecular flexibility index (Phi) is 2.00. The number of hydrogen-bond acceptors (Lipinski definition) is 2. The Balaban J connectivity index is 2.47. The molecule has 13 heavy (non-hydrogen) atoms. The smallest absolute Gasteiger partial charge is 0.127 e. The zero-order chi connectivity index (χ0) is 9.26. The highest BCUT2D eigenvalue weighted by molar-refractivity contribution is 5.70. The van der Waals surface area contributed by atoms with Crippen LogP contribution in [0.5, 0.6) is 0 Å². The largest absolute Gasteiger partial charge is 0.385 e. The van der Waals surface area contributed by atoms with Crippen molar-refractivity contribution in [3.05, 3.63) is 29.6 Å². The quantitative estimate of drug-likeness (QED) is 0.667. The van der Waals surface area contributed by atoms with Gasteiger partial charge in [-0.05, 0) is 30.2 Å². The second kappa shape index (κ2) is 3.17. The lowest BCUT2D eigenvalue weighted by molar-refractivity contribution is -0.109. The van der Waals surface area contributed by atoms with Crippen molar-refractivity contribution >= 4 is 12.0 Å². The molecule has 1 aliphatic rings. The zero-order valence-electron chi connectivity index (χ0n) is 7.09. The van der Waals surface area contributed by atoms with Gasteiger partial charge in [-0.3, -0.25) is 0 Å². The van der Waals surface area contributed by atoms with Gasteiger partial charge in [0.1, 0.15) is 12.1 Å². The number of nitrogens with one attached hydrogen (secondary N) is 1. The van der Waals surface area contributed by atoms with Crippen LogP contribution >= 0.6 is 0 Å². The molecule has 0 bridgehead atoms. The molecule has 1 N–H and O–H groups in total. The Morgan fingerprint density at radius 3 is 3.15 bits per heavy atom. The van der Waals surface area contributed by atoms with Gasteiger partial charge in [0, 0.05) is 18.2 Å². The van der Waals surface area contributed by atoms with Gasteiger partial charge in [-0.25, -0.2) is 4.39 Å². The first-order valence-corrected chi connectivity index (χ1v) is 4.30. The van der Waals surface area contributed by atoms with Crippen LogP contribution < -0.4 is 5.32 Å². The third-order valence-corrected chi connectivity index (χ3v) is 2.35. The Morgan fingerprint density at radius 2 is 2.38 bits per heavy atom. The molecular weight excluding hydrogens is 169 g/mol. The summed E-state index contributed by atoms with van der Waals surface area (Å²) in [4.78, 5) is 10.7. The van der Waals surface area contributed by atoms with Gasteiger partial charge in [-0.15, -0.1) is 0 Å². The first-order chi connectivity index (χ1) is 6.31. The van der Waals surface area contributed by atoms with Crippen molar-refractivity contribution in [1.29, 1.82) is 0 Å². The van der Waals surface area contributed by atoms with E-state index in [1.54, 1.807) is 6.07 Å². The first kappa shape index (κ1) is 8.23. The van der Waals surface area contributed by atoms with Crippen LogP contribution in [0.15, 0.2) is 18.2 Å². The molecule has 1 heterocycles. The van der Waals surface area contributed by atoms with Crippen molar-refractivity contribution in [2.75, 3.05) is 11.9 Å². The summed E-state index contributed by atoms with van der Waals surface area (Å²) in [5.41, 5.74) is 1.66. The van der Waals surface area contributed by atoms with Crippen molar-refractivity contribution < 1.29 is 9.18 Å². The maximum Gasteiger partial charge on any atom is 0.127 e. The van der Waals surface area contributed by atoms with Gasteiger partial charge in [0.05, 0.1) is 0 Å². The summed E-state index contributed by atoms with van der Waals surface area (Å²) in [6.45, 7) is 0.780. The van der Waals surface area contributed by atoms with E-state index in [2.05, 4.69) is 5.32 Å². The second-order valence-corrected chi connectivity index (χ2v) is 3.19. The third-order valence-electron chi connectivity index (χ3n) is 2.35. The van der Waals surface area contributed by atoms with E-state index in [0.29, 0.717) is 0 Å². The Bertz CT molecular complexity index is 338. The highest BCUT2D eigenvalue weighted by Gasteiger charge is 2.19. The molecule has 0 radical (unpaired) electrons. The number of carbonyl (C=O) groups excluding carboxylic acids is 1. The third kappa shape index (κ3) is 1.41. The fraction of sp³-hybridized carbons (Fsp3) is 0.300. The highest BCUT2D eigenvalue weighted by atomic mass is 19.1. The van der Waals surface area contributed by atoms with E-state index < -0.39 is 0 Å². The molecule has 0 aliphatic carbocycles. The van der Waals surface area contributed by atoms with E-state index in [-0.39, 0.29) is 11.7 Å². The summed E-state index contributed by atoms with van der Waals surface area (Å²) in [6, 6.07) is 4.51. The average molecular weight is 179 g/mol. The lowest BCUT2D eigenvalue weighted by Gasteiger charge is -2.22. The van der Waals surface area contributed by atoms with Crippen LogP contribution in [0, 0.1) is 5.82 Å². The molecule has 2 nitrogen and oxygen atoms in total. The van der Waals surface area contributed by atoms with Crippen molar-refractivity contribution in [3.63, 3.8) is 0 Å². The number of rotatable bonds is 1. The minimum absolute atomic E-state index is 0.146. The summed E-state index contributed by atoms with van der Waals surface area (Å²) >= 11 is 0. The Hall–Kier alpha value is -1.38. The molecule has 0 saturated heterocycles. The number of carbonyl (C=O) groups is 1. The molecule has 2 rings (SSSR count). The number of fused-ring (bicyclic) bond motifs is 1. The van der Waals surface area contributed by atoms with Crippen LogP contribution in [0.25, 0.3) is 0 Å². The molecule has 3 heteroatoms. The van der Waals surface area contributed by atoms with E-state index in [0.717, 1.165) is 30.5 Å². The molecule has 0 aromatic heterocycles. The predicted octanol–water partition coefficient (Wildman–Crippen LogP) is 1.92. The van der Waals surface area contributed by atoms with E-state index in [9.17, 15) is 9.18 Å². The van der Waals surface area contributed by atoms with Gasteiger partial charge in [-0.2, -0.15) is 0 Å². The summed E-state index contributed by atoms with van der Waals surface area (Å²) < 4.78 is 12.9. The summed E-state index contributed by atoms with van der Waals surface area (Å²) in [5, 5.41) is 3.13. The number of hydrogen-bond donors (Lipinski definition) is 1. The highest BCUT2D eigenvalue weighted by Crippen LogP contribution is 2.30. The number of benzene rings is 1. The Labute approximate surface area is 75.8 Å². The molecule has 0 saturated carbocycles. The van der Waals surface area contributed by atoms with E-state index >= 15 is 0 Å². The average Bonchev–Trinajstić information content (AvgIpc) is 2.17. The molecule has 0 spiro atoms. The maximum absolute atomic E-state index is 12.9. The molecule has 0 fully saturated rings. The number of aldehydes is 1. The van der Waals surface area contributed by atoms with Crippen LogP contribution in [0.3, 0.4) is 0 Å². The van der Waals surface area contributed by atoms with E-state index in [4.69, 9.17) is 0 Å². The molecule has 1 aliphatic heterocycles. The fourth-order valence-electron chi connectivity index (χ4n) is 1.66. The molecule has 1 atom stereocenters. The molecular formula is C10H10FNO. The zero-order valence-corrected chi connectivity index (χ0v) is 7.09. The van der Waals surface area contributed by atoms with Crippen LogP contribution in [0.2, 0.25) is 0 Å². The monoisotopic (exact) mass is 179 g/mol. The van der Waals surface area contributed by atoms with Gasteiger partial charge in [0.25, 0.3) is 0 Å². The summed E-state index contributed by atoms with van der Waals surface area (Å²) in [6.07, 6.45) is 1.64. The summed E-state index contributed by atoms with van der Waals surface area (Å²) in [7, 11) is 0. The number of anilines is 1. The minimum atomic E-state index is -0.283. The second-order valence-electron chi connectivity index (χ2n) is 3.19. The standard InChI is InChI=1S/C10H10FNO/c11-8-1-2-10-9(5-8)7(6-13)3-4-12-10/h1-2,5-7,12H,3-4H2. The lowest BCUT2D eigenvalue weighted by atomic mass is 9.92. The predicted molar refractivity (Wildman–Crippen MR) is 48.3 cm³/mol. The van der Waals surface area contributed by atoms with Gasteiger partial charge in [-0.1, -0.05) is 0 Å². The van der Waals surface area contributed by atoms with Crippen molar-refractivity contribution in [2.24, 2.45) is 0 Å². The van der Waals surface area contributed by atoms with Gasteiger partial charge in [0.15, 0.2) is 0 Å². The van der Waals surface area contributed by atoms with Gasteiger partial charge >= 0.3 is 0 Å². The topological polar surface area (TPSA) is 29.1 Å². The fourth-order valence-corrected chi connectivity index (χ4v) is 1.66. The van der Waals surface area contributed by atoms with Crippen LogP contribution in [-0.2, 0) is 4.79 Å². The Morgan fingerprint density at radius 1 is 1.54 bits per heavy atom. The molecule has 68 valence electrons. The molecule has 1 aromatic carbocycles. The van der Waals surface area contributed by atoms with Crippen LogP contribution in [0.1, 0.15) is 17.9 Å². The van der Waals surface area contributed by atoms with Crippen LogP contribution in [-0.4, -0.2) is 12.8 Å². The first-order valence-electron chi connectivity index (χ1n) is 4.30. The normalized spacial score (nSPS) is 20.2. The molecule has 0 amide bonds. The summed E-state index contributed by atoms with van der Waals surface area (Å²) in [5.74, 6) is -0.429. The van der Waals surface area contributed by atoms with Crippen LogP contribution in [0.4, 0.5) is 10.1 Å². The molecule has 1 aromatic rings. The SMILES string of the molecule is O=CC1CCNc2ccc(F)cc21. The lowest BCUT2D eigenvalue weighted by Crippen LogP contribution is -2.17. The van der Waals surface area contributed by atoms with Crippen molar-refractivity contribution in [2.45, 2.75) is 12.3 Å².